The molecule has 16 heavy (non-hydrogen) atoms. The summed E-state index contributed by atoms with van der Waals surface area (Å²) in [6.07, 6.45) is 2.35. The lowest BCUT2D eigenvalue weighted by Crippen LogP contribution is -1.96. The molecule has 0 atom stereocenters. The molecular formula is C9H9BrN4OS. The van der Waals surface area contributed by atoms with Crippen LogP contribution in [0.15, 0.2) is 26.3 Å². The summed E-state index contributed by atoms with van der Waals surface area (Å²) < 4.78 is 8.00. The van der Waals surface area contributed by atoms with E-state index in [0.717, 1.165) is 12.2 Å². The molecule has 0 fully saturated rings. The number of H-pyrrole nitrogens is 1. The van der Waals surface area contributed by atoms with Crippen LogP contribution in [0.5, 0.6) is 0 Å². The molecule has 84 valence electrons. The lowest BCUT2D eigenvalue weighted by atomic mass is 10.5. The molecule has 0 aliphatic rings. The van der Waals surface area contributed by atoms with Crippen LogP contribution in [-0.2, 0) is 6.42 Å². The van der Waals surface area contributed by atoms with Gasteiger partial charge in [-0.1, -0.05) is 6.92 Å². The Morgan fingerprint density at radius 3 is 3.12 bits per heavy atom. The molecule has 2 aromatic rings. The Morgan fingerprint density at radius 1 is 1.69 bits per heavy atom. The Hall–Kier alpha value is -1.21. The van der Waals surface area contributed by atoms with E-state index in [9.17, 15) is 0 Å². The number of furan rings is 1. The Bertz CT molecular complexity index is 568. The van der Waals surface area contributed by atoms with Gasteiger partial charge in [-0.05, 0) is 40.3 Å². The van der Waals surface area contributed by atoms with Gasteiger partial charge in [0.25, 0.3) is 0 Å². The highest BCUT2D eigenvalue weighted by Crippen LogP contribution is 2.12. The number of halogens is 1. The molecule has 0 unspecified atom stereocenters. The first kappa shape index (κ1) is 11.3. The second-order valence-electron chi connectivity index (χ2n) is 3.00. The molecule has 0 radical (unpaired) electrons. The van der Waals surface area contributed by atoms with E-state index in [-0.39, 0.29) is 0 Å². The van der Waals surface area contributed by atoms with Crippen molar-refractivity contribution in [1.29, 1.82) is 0 Å². The van der Waals surface area contributed by atoms with Crippen LogP contribution in [0.3, 0.4) is 0 Å². The molecule has 5 nitrogen and oxygen atoms in total. The second-order valence-corrected chi connectivity index (χ2v) is 4.17. The topological polar surface area (TPSA) is 59.1 Å². The average molecular weight is 301 g/mol. The molecule has 0 aromatic carbocycles. The van der Waals surface area contributed by atoms with E-state index >= 15 is 0 Å². The maximum atomic E-state index is 5.28. The van der Waals surface area contributed by atoms with Gasteiger partial charge < -0.3 is 4.42 Å². The Morgan fingerprint density at radius 2 is 2.50 bits per heavy atom. The molecule has 2 rings (SSSR count). The van der Waals surface area contributed by atoms with Crippen molar-refractivity contribution in [2.75, 3.05) is 0 Å². The van der Waals surface area contributed by atoms with Gasteiger partial charge in [-0.3, -0.25) is 5.10 Å². The molecule has 2 heterocycles. The highest BCUT2D eigenvalue weighted by Gasteiger charge is 2.01. The fourth-order valence-corrected chi connectivity index (χ4v) is 1.70. The van der Waals surface area contributed by atoms with Gasteiger partial charge in [-0.25, -0.2) is 0 Å². The number of hydrogen-bond acceptors (Lipinski definition) is 4. The minimum Gasteiger partial charge on any atom is -0.448 e. The molecule has 0 saturated heterocycles. The monoisotopic (exact) mass is 300 g/mol. The van der Waals surface area contributed by atoms with Crippen molar-refractivity contribution < 1.29 is 4.42 Å². The molecule has 0 amide bonds. The maximum Gasteiger partial charge on any atom is 0.216 e. The van der Waals surface area contributed by atoms with E-state index in [1.54, 1.807) is 17.0 Å². The SMILES string of the molecule is CCc1n[nH]c(=S)n1/N=C\c1ccc(Br)o1. The van der Waals surface area contributed by atoms with E-state index in [0.29, 0.717) is 15.2 Å². The molecule has 0 bridgehead atoms. The van der Waals surface area contributed by atoms with E-state index in [1.165, 1.54) is 0 Å². The van der Waals surface area contributed by atoms with Crippen LogP contribution in [0.2, 0.25) is 0 Å². The van der Waals surface area contributed by atoms with E-state index in [1.807, 2.05) is 13.0 Å². The van der Waals surface area contributed by atoms with Gasteiger partial charge in [0, 0.05) is 6.42 Å². The highest BCUT2D eigenvalue weighted by atomic mass is 79.9. The predicted molar refractivity (Wildman–Crippen MR) is 66.2 cm³/mol. The first-order chi connectivity index (χ1) is 7.70. The summed E-state index contributed by atoms with van der Waals surface area (Å²) in [5, 5.41) is 10.9. The number of aromatic nitrogens is 3. The van der Waals surface area contributed by atoms with Gasteiger partial charge in [-0.2, -0.15) is 14.9 Å². The zero-order chi connectivity index (χ0) is 11.5. The van der Waals surface area contributed by atoms with Gasteiger partial charge in [0.2, 0.25) is 4.77 Å². The fraction of sp³-hybridized carbons (Fsp3) is 0.222. The van der Waals surface area contributed by atoms with Crippen molar-refractivity contribution in [3.05, 3.63) is 33.2 Å². The summed E-state index contributed by atoms with van der Waals surface area (Å²) in [6.45, 7) is 1.99. The lowest BCUT2D eigenvalue weighted by molar-refractivity contribution is 0.534. The Kier molecular flexibility index (Phi) is 3.35. The third-order valence-corrected chi connectivity index (χ3v) is 2.62. The number of rotatable bonds is 3. The predicted octanol–water partition coefficient (Wildman–Crippen LogP) is 2.74. The number of hydrogen-bond donors (Lipinski definition) is 1. The quantitative estimate of drug-likeness (QED) is 0.700. The minimum absolute atomic E-state index is 0.471. The minimum atomic E-state index is 0.471. The van der Waals surface area contributed by atoms with Gasteiger partial charge in [-0.15, -0.1) is 0 Å². The largest absolute Gasteiger partial charge is 0.448 e. The van der Waals surface area contributed by atoms with Gasteiger partial charge in [0.15, 0.2) is 10.5 Å². The zero-order valence-electron chi connectivity index (χ0n) is 8.48. The number of aromatic amines is 1. The molecule has 0 spiro atoms. The molecule has 1 N–H and O–H groups in total. The summed E-state index contributed by atoms with van der Waals surface area (Å²) >= 11 is 8.27. The molecule has 0 aliphatic carbocycles. The average Bonchev–Trinajstić information content (AvgIpc) is 2.82. The van der Waals surface area contributed by atoms with Crippen LogP contribution < -0.4 is 0 Å². The molecule has 7 heteroatoms. The third kappa shape index (κ3) is 2.30. The molecule has 0 saturated carbocycles. The van der Waals surface area contributed by atoms with E-state index in [4.69, 9.17) is 16.6 Å². The van der Waals surface area contributed by atoms with Crippen molar-refractivity contribution in [2.24, 2.45) is 5.10 Å². The molecule has 0 aliphatic heterocycles. The van der Waals surface area contributed by atoms with Gasteiger partial charge in [0.1, 0.15) is 5.76 Å². The van der Waals surface area contributed by atoms with Crippen molar-refractivity contribution in [3.63, 3.8) is 0 Å². The smallest absolute Gasteiger partial charge is 0.216 e. The molecule has 2 aromatic heterocycles. The molecular weight excluding hydrogens is 292 g/mol. The van der Waals surface area contributed by atoms with E-state index < -0.39 is 0 Å². The van der Waals surface area contributed by atoms with Crippen molar-refractivity contribution in [3.8, 4) is 0 Å². The first-order valence-corrected chi connectivity index (χ1v) is 5.87. The number of nitrogens with zero attached hydrogens (tertiary/aromatic N) is 3. The van der Waals surface area contributed by atoms with Crippen molar-refractivity contribution >= 4 is 34.4 Å². The van der Waals surface area contributed by atoms with Crippen molar-refractivity contribution in [2.45, 2.75) is 13.3 Å². The lowest BCUT2D eigenvalue weighted by Gasteiger charge is -1.94. The van der Waals surface area contributed by atoms with Crippen molar-refractivity contribution in [1.82, 2.24) is 14.9 Å². The Labute approximate surface area is 105 Å². The van der Waals surface area contributed by atoms with Crippen LogP contribution in [-0.4, -0.2) is 21.1 Å². The number of nitrogens with one attached hydrogen (secondary N) is 1. The number of aryl methyl sites for hydroxylation is 1. The summed E-state index contributed by atoms with van der Waals surface area (Å²) in [4.78, 5) is 0. The third-order valence-electron chi connectivity index (χ3n) is 1.93. The van der Waals surface area contributed by atoms with Crippen LogP contribution >= 0.6 is 28.1 Å². The Balaban J connectivity index is 2.29. The van der Waals surface area contributed by atoms with Crippen LogP contribution in [0, 0.1) is 4.77 Å². The standard InChI is InChI=1S/C9H9BrN4OS/c1-2-8-12-13-9(16)14(8)11-5-6-3-4-7(10)15-6/h3-5H,2H2,1H3,(H,13,16)/b11-5-. The van der Waals surface area contributed by atoms with Crippen LogP contribution in [0.1, 0.15) is 18.5 Å². The van der Waals surface area contributed by atoms with Crippen LogP contribution in [0.4, 0.5) is 0 Å². The normalized spacial score (nSPS) is 11.4. The first-order valence-electron chi connectivity index (χ1n) is 4.66. The fourth-order valence-electron chi connectivity index (χ4n) is 1.18. The maximum absolute atomic E-state index is 5.28. The highest BCUT2D eigenvalue weighted by molar-refractivity contribution is 9.10. The van der Waals surface area contributed by atoms with Gasteiger partial charge in [0.05, 0.1) is 6.21 Å². The summed E-state index contributed by atoms with van der Waals surface area (Å²) in [5.74, 6) is 1.43. The van der Waals surface area contributed by atoms with Crippen LogP contribution in [0.25, 0.3) is 0 Å². The van der Waals surface area contributed by atoms with E-state index in [2.05, 4.69) is 31.2 Å². The zero-order valence-corrected chi connectivity index (χ0v) is 10.9. The second kappa shape index (κ2) is 4.75. The summed E-state index contributed by atoms with van der Waals surface area (Å²) in [7, 11) is 0. The summed E-state index contributed by atoms with van der Waals surface area (Å²) in [5.41, 5.74) is 0. The summed E-state index contributed by atoms with van der Waals surface area (Å²) in [6, 6.07) is 3.61. The van der Waals surface area contributed by atoms with Gasteiger partial charge >= 0.3 is 0 Å².